The smallest absolute Gasteiger partial charge is 0.279 e. The van der Waals surface area contributed by atoms with Crippen molar-refractivity contribution >= 4 is 10.2 Å². The number of piperidine rings is 1. The Bertz CT molecular complexity index is 360. The standard InChI is InChI=1S/C13H29N3O3S/c1-4-19-10-8-15-20(17,18)16-9-6-5-7-13(16)11-14-12(2)3/h12-15H,4-11H2,1-3H3. The summed E-state index contributed by atoms with van der Waals surface area (Å²) in [6, 6.07) is 0.420. The Labute approximate surface area is 123 Å². The maximum atomic E-state index is 12.3. The van der Waals surface area contributed by atoms with Crippen LogP contribution in [-0.2, 0) is 14.9 Å². The van der Waals surface area contributed by atoms with Crippen molar-refractivity contribution in [3.63, 3.8) is 0 Å². The lowest BCUT2D eigenvalue weighted by Crippen LogP contribution is -2.53. The third-order valence-corrected chi connectivity index (χ3v) is 5.05. The van der Waals surface area contributed by atoms with Gasteiger partial charge in [0.15, 0.2) is 0 Å². The van der Waals surface area contributed by atoms with Crippen LogP contribution in [0.2, 0.25) is 0 Å². The molecule has 0 radical (unpaired) electrons. The van der Waals surface area contributed by atoms with Crippen LogP contribution in [0.5, 0.6) is 0 Å². The summed E-state index contributed by atoms with van der Waals surface area (Å²) < 4.78 is 34.1. The Morgan fingerprint density at radius 2 is 2.10 bits per heavy atom. The first-order chi connectivity index (χ1) is 9.47. The van der Waals surface area contributed by atoms with Gasteiger partial charge in [0.1, 0.15) is 0 Å². The lowest BCUT2D eigenvalue weighted by molar-refractivity contribution is 0.152. The lowest BCUT2D eigenvalue weighted by Gasteiger charge is -2.35. The Balaban J connectivity index is 2.53. The molecule has 0 saturated carbocycles. The summed E-state index contributed by atoms with van der Waals surface area (Å²) in [5, 5.41) is 3.34. The molecule has 2 N–H and O–H groups in total. The molecule has 20 heavy (non-hydrogen) atoms. The van der Waals surface area contributed by atoms with Crippen molar-refractivity contribution in [1.29, 1.82) is 0 Å². The fourth-order valence-corrected chi connectivity index (χ4v) is 3.79. The molecule has 1 rings (SSSR count). The molecule has 1 aliphatic heterocycles. The first kappa shape index (κ1) is 17.8. The first-order valence-corrected chi connectivity index (χ1v) is 8.99. The van der Waals surface area contributed by atoms with Crippen molar-refractivity contribution in [3.05, 3.63) is 0 Å². The molecule has 6 nitrogen and oxygen atoms in total. The van der Waals surface area contributed by atoms with Gasteiger partial charge in [-0.15, -0.1) is 0 Å². The molecule has 7 heteroatoms. The van der Waals surface area contributed by atoms with E-state index in [1.807, 2.05) is 6.92 Å². The number of hydrogen-bond donors (Lipinski definition) is 2. The summed E-state index contributed by atoms with van der Waals surface area (Å²) in [6.07, 6.45) is 2.95. The summed E-state index contributed by atoms with van der Waals surface area (Å²) >= 11 is 0. The molecular weight excluding hydrogens is 278 g/mol. The maximum absolute atomic E-state index is 12.3. The van der Waals surface area contributed by atoms with E-state index < -0.39 is 10.2 Å². The van der Waals surface area contributed by atoms with E-state index in [-0.39, 0.29) is 6.04 Å². The van der Waals surface area contributed by atoms with Crippen LogP contribution in [0.15, 0.2) is 0 Å². The van der Waals surface area contributed by atoms with Gasteiger partial charge in [0, 0.05) is 38.3 Å². The third kappa shape index (κ3) is 6.05. The van der Waals surface area contributed by atoms with E-state index >= 15 is 0 Å². The number of ether oxygens (including phenoxy) is 1. The summed E-state index contributed by atoms with van der Waals surface area (Å²) in [4.78, 5) is 0. The average Bonchev–Trinajstić information content (AvgIpc) is 2.41. The van der Waals surface area contributed by atoms with Crippen molar-refractivity contribution in [2.45, 2.75) is 52.1 Å². The zero-order valence-corrected chi connectivity index (χ0v) is 13.7. The molecule has 0 aliphatic carbocycles. The van der Waals surface area contributed by atoms with Crippen LogP contribution in [0, 0.1) is 0 Å². The minimum atomic E-state index is -3.40. The number of nitrogens with zero attached hydrogens (tertiary/aromatic N) is 1. The van der Waals surface area contributed by atoms with Crippen molar-refractivity contribution in [2.24, 2.45) is 0 Å². The van der Waals surface area contributed by atoms with E-state index in [2.05, 4.69) is 23.9 Å². The van der Waals surface area contributed by atoms with Crippen LogP contribution < -0.4 is 10.0 Å². The molecule has 0 aromatic heterocycles. The van der Waals surface area contributed by atoms with Crippen LogP contribution in [0.25, 0.3) is 0 Å². The average molecular weight is 307 g/mol. The largest absolute Gasteiger partial charge is 0.380 e. The van der Waals surface area contributed by atoms with Gasteiger partial charge in [-0.1, -0.05) is 20.3 Å². The van der Waals surface area contributed by atoms with Crippen LogP contribution in [0.1, 0.15) is 40.0 Å². The molecule has 0 spiro atoms. The van der Waals surface area contributed by atoms with E-state index in [0.29, 0.717) is 38.9 Å². The lowest BCUT2D eigenvalue weighted by atomic mass is 10.0. The molecule has 1 heterocycles. The highest BCUT2D eigenvalue weighted by atomic mass is 32.2. The number of rotatable bonds is 9. The fraction of sp³-hybridized carbons (Fsp3) is 1.00. The molecule has 1 aliphatic rings. The van der Waals surface area contributed by atoms with Crippen molar-refractivity contribution in [1.82, 2.24) is 14.3 Å². The highest BCUT2D eigenvalue weighted by Crippen LogP contribution is 2.19. The zero-order chi connectivity index (χ0) is 15.0. The SMILES string of the molecule is CCOCCNS(=O)(=O)N1CCCCC1CNC(C)C. The summed E-state index contributed by atoms with van der Waals surface area (Å²) in [7, 11) is -3.40. The first-order valence-electron chi connectivity index (χ1n) is 7.55. The van der Waals surface area contributed by atoms with Crippen LogP contribution in [0.3, 0.4) is 0 Å². The molecule has 1 atom stereocenters. The van der Waals surface area contributed by atoms with E-state index in [1.165, 1.54) is 0 Å². The molecule has 0 bridgehead atoms. The van der Waals surface area contributed by atoms with Gasteiger partial charge in [0.2, 0.25) is 0 Å². The van der Waals surface area contributed by atoms with Crippen LogP contribution in [-0.4, -0.2) is 57.7 Å². The van der Waals surface area contributed by atoms with Crippen LogP contribution >= 0.6 is 0 Å². The topological polar surface area (TPSA) is 70.7 Å². The van der Waals surface area contributed by atoms with E-state index in [4.69, 9.17) is 4.74 Å². The second-order valence-electron chi connectivity index (χ2n) is 5.42. The van der Waals surface area contributed by atoms with Gasteiger partial charge in [0.05, 0.1) is 6.61 Å². The Kier molecular flexibility index (Phi) is 7.98. The van der Waals surface area contributed by atoms with Gasteiger partial charge in [-0.05, 0) is 19.8 Å². The number of nitrogens with one attached hydrogen (secondary N) is 2. The van der Waals surface area contributed by atoms with Gasteiger partial charge in [0.25, 0.3) is 10.2 Å². The third-order valence-electron chi connectivity index (χ3n) is 3.38. The minimum Gasteiger partial charge on any atom is -0.380 e. The second kappa shape index (κ2) is 8.94. The molecule has 120 valence electrons. The molecule has 1 saturated heterocycles. The molecular formula is C13H29N3O3S. The quantitative estimate of drug-likeness (QED) is 0.616. The van der Waals surface area contributed by atoms with Gasteiger partial charge in [-0.25, -0.2) is 0 Å². The van der Waals surface area contributed by atoms with Gasteiger partial charge >= 0.3 is 0 Å². The monoisotopic (exact) mass is 307 g/mol. The maximum Gasteiger partial charge on any atom is 0.279 e. The molecule has 0 amide bonds. The highest BCUT2D eigenvalue weighted by Gasteiger charge is 2.31. The van der Waals surface area contributed by atoms with E-state index in [9.17, 15) is 8.42 Å². The van der Waals surface area contributed by atoms with E-state index in [1.54, 1.807) is 4.31 Å². The zero-order valence-electron chi connectivity index (χ0n) is 12.9. The van der Waals surface area contributed by atoms with E-state index in [0.717, 1.165) is 19.3 Å². The second-order valence-corrected chi connectivity index (χ2v) is 7.13. The van der Waals surface area contributed by atoms with Crippen molar-refractivity contribution in [2.75, 3.05) is 32.8 Å². The summed E-state index contributed by atoms with van der Waals surface area (Å²) in [5.41, 5.74) is 0. The normalized spacial score (nSPS) is 21.5. The Morgan fingerprint density at radius 3 is 2.75 bits per heavy atom. The summed E-state index contributed by atoms with van der Waals surface area (Å²) in [6.45, 7) is 8.71. The molecule has 0 aromatic carbocycles. The molecule has 1 fully saturated rings. The van der Waals surface area contributed by atoms with Crippen LogP contribution in [0.4, 0.5) is 0 Å². The van der Waals surface area contributed by atoms with Crippen molar-refractivity contribution in [3.8, 4) is 0 Å². The van der Waals surface area contributed by atoms with Gasteiger partial charge in [-0.2, -0.15) is 17.4 Å². The predicted molar refractivity (Wildman–Crippen MR) is 80.9 cm³/mol. The van der Waals surface area contributed by atoms with Crippen molar-refractivity contribution < 1.29 is 13.2 Å². The van der Waals surface area contributed by atoms with Gasteiger partial charge < -0.3 is 10.1 Å². The molecule has 1 unspecified atom stereocenters. The highest BCUT2D eigenvalue weighted by molar-refractivity contribution is 7.87. The fourth-order valence-electron chi connectivity index (χ4n) is 2.34. The van der Waals surface area contributed by atoms with Gasteiger partial charge in [-0.3, -0.25) is 0 Å². The Hall–Kier alpha value is -0.210. The summed E-state index contributed by atoms with van der Waals surface area (Å²) in [5.74, 6) is 0. The Morgan fingerprint density at radius 1 is 1.35 bits per heavy atom. The predicted octanol–water partition coefficient (Wildman–Crippen LogP) is 0.710. The molecule has 0 aromatic rings. The minimum absolute atomic E-state index is 0.0516. The number of hydrogen-bond acceptors (Lipinski definition) is 4.